The van der Waals surface area contributed by atoms with Crippen molar-refractivity contribution in [3.05, 3.63) is 65.7 Å². The van der Waals surface area contributed by atoms with Crippen LogP contribution in [0.3, 0.4) is 0 Å². The molecule has 0 bridgehead atoms. The molecule has 2 amide bonds. The van der Waals surface area contributed by atoms with Gasteiger partial charge in [-0.25, -0.2) is 0 Å². The first kappa shape index (κ1) is 23.8. The summed E-state index contributed by atoms with van der Waals surface area (Å²) in [5, 5.41) is 24.0. The van der Waals surface area contributed by atoms with E-state index in [9.17, 15) is 19.6 Å². The molecule has 9 heteroatoms. The van der Waals surface area contributed by atoms with E-state index in [1.54, 1.807) is 7.11 Å². The van der Waals surface area contributed by atoms with Crippen LogP contribution in [0.1, 0.15) is 30.4 Å². The molecule has 4 N–H and O–H groups in total. The van der Waals surface area contributed by atoms with Crippen molar-refractivity contribution in [1.29, 1.82) is 0 Å². The van der Waals surface area contributed by atoms with Crippen LogP contribution in [0.25, 0.3) is 0 Å². The number of carbonyl (C=O) groups excluding carboxylic acids is 2. The number of nitrogens with one attached hydrogen (secondary N) is 2. The fraction of sp³-hybridized carbons (Fsp3) is 0.391. The third-order valence-electron chi connectivity index (χ3n) is 5.35. The van der Waals surface area contributed by atoms with Crippen molar-refractivity contribution in [3.8, 4) is 5.75 Å². The highest BCUT2D eigenvalue weighted by Crippen LogP contribution is 2.35. The molecule has 2 aromatic carbocycles. The van der Waals surface area contributed by atoms with E-state index in [-0.39, 0.29) is 18.9 Å². The van der Waals surface area contributed by atoms with Crippen LogP contribution in [0.2, 0.25) is 0 Å². The SMILES string of the molecule is COc1cccc(CNC(=O)C(CC2CC2)C(=O)N[C@@H](Cc2ccccc2)OB(O)O)c1. The summed E-state index contributed by atoms with van der Waals surface area (Å²) >= 11 is 0. The van der Waals surface area contributed by atoms with Gasteiger partial charge in [0.25, 0.3) is 0 Å². The monoisotopic (exact) mass is 440 g/mol. The van der Waals surface area contributed by atoms with Crippen molar-refractivity contribution >= 4 is 19.1 Å². The van der Waals surface area contributed by atoms with Gasteiger partial charge in [-0.15, -0.1) is 0 Å². The van der Waals surface area contributed by atoms with Gasteiger partial charge in [-0.2, -0.15) is 0 Å². The quantitative estimate of drug-likeness (QED) is 0.225. The maximum absolute atomic E-state index is 13.0. The molecule has 170 valence electrons. The van der Waals surface area contributed by atoms with E-state index in [0.717, 1.165) is 24.0 Å². The maximum Gasteiger partial charge on any atom is 0.635 e. The summed E-state index contributed by atoms with van der Waals surface area (Å²) in [6.07, 6.45) is 1.66. The summed E-state index contributed by atoms with van der Waals surface area (Å²) in [6.45, 7) is 0.268. The number of amides is 2. The van der Waals surface area contributed by atoms with Gasteiger partial charge in [0.15, 0.2) is 0 Å². The summed E-state index contributed by atoms with van der Waals surface area (Å²) in [6, 6.07) is 16.6. The van der Waals surface area contributed by atoms with Crippen LogP contribution in [0, 0.1) is 11.8 Å². The molecule has 8 nitrogen and oxygen atoms in total. The number of rotatable bonds is 12. The smallest absolute Gasteiger partial charge is 0.497 e. The molecular weight excluding hydrogens is 411 g/mol. The van der Waals surface area contributed by atoms with Crippen LogP contribution < -0.4 is 15.4 Å². The first-order valence-corrected chi connectivity index (χ1v) is 10.7. The number of benzene rings is 2. The van der Waals surface area contributed by atoms with Crippen LogP contribution in [0.4, 0.5) is 0 Å². The average Bonchev–Trinajstić information content (AvgIpc) is 3.60. The lowest BCUT2D eigenvalue weighted by Crippen LogP contribution is -2.48. The number of hydrogen-bond donors (Lipinski definition) is 4. The van der Waals surface area contributed by atoms with E-state index >= 15 is 0 Å². The van der Waals surface area contributed by atoms with E-state index in [1.807, 2.05) is 54.6 Å². The van der Waals surface area contributed by atoms with Gasteiger partial charge in [0.05, 0.1) is 7.11 Å². The second-order valence-corrected chi connectivity index (χ2v) is 7.95. The summed E-state index contributed by atoms with van der Waals surface area (Å²) < 4.78 is 10.3. The van der Waals surface area contributed by atoms with Crippen molar-refractivity contribution in [2.24, 2.45) is 11.8 Å². The minimum atomic E-state index is -2.05. The van der Waals surface area contributed by atoms with Gasteiger partial charge in [0, 0.05) is 13.0 Å². The topological polar surface area (TPSA) is 117 Å². The normalized spacial score (nSPS) is 14.8. The van der Waals surface area contributed by atoms with E-state index in [4.69, 9.17) is 9.39 Å². The Morgan fingerprint density at radius 2 is 1.78 bits per heavy atom. The van der Waals surface area contributed by atoms with Crippen molar-refractivity contribution in [1.82, 2.24) is 10.6 Å². The summed E-state index contributed by atoms with van der Waals surface area (Å²) in [5.41, 5.74) is 1.71. The molecule has 3 rings (SSSR count). The predicted octanol–water partition coefficient (Wildman–Crippen LogP) is 1.40. The van der Waals surface area contributed by atoms with Gasteiger partial charge in [-0.3, -0.25) is 9.59 Å². The van der Waals surface area contributed by atoms with Gasteiger partial charge in [0.2, 0.25) is 11.8 Å². The predicted molar refractivity (Wildman–Crippen MR) is 119 cm³/mol. The molecule has 1 aliphatic rings. The first-order chi connectivity index (χ1) is 15.4. The Hall–Kier alpha value is -2.88. The third-order valence-corrected chi connectivity index (χ3v) is 5.35. The van der Waals surface area contributed by atoms with Crippen molar-refractivity contribution in [2.45, 2.75) is 38.5 Å². The summed E-state index contributed by atoms with van der Waals surface area (Å²) in [4.78, 5) is 25.9. The summed E-state index contributed by atoms with van der Waals surface area (Å²) in [7, 11) is -0.474. The molecule has 2 atom stereocenters. The molecular formula is C23H29BN2O6. The van der Waals surface area contributed by atoms with Crippen LogP contribution in [-0.2, 0) is 27.2 Å². The van der Waals surface area contributed by atoms with Gasteiger partial charge >= 0.3 is 7.32 Å². The number of hydrogen-bond acceptors (Lipinski definition) is 6. The molecule has 32 heavy (non-hydrogen) atoms. The average molecular weight is 440 g/mol. The molecule has 1 saturated carbocycles. The van der Waals surface area contributed by atoms with Crippen molar-refractivity contribution in [2.75, 3.05) is 7.11 Å². The maximum atomic E-state index is 13.0. The second-order valence-electron chi connectivity index (χ2n) is 7.95. The fourth-order valence-corrected chi connectivity index (χ4v) is 3.48. The van der Waals surface area contributed by atoms with E-state index in [2.05, 4.69) is 10.6 Å². The highest BCUT2D eigenvalue weighted by Gasteiger charge is 2.35. The Labute approximate surface area is 188 Å². The molecule has 1 aliphatic carbocycles. The minimum Gasteiger partial charge on any atom is -0.497 e. The molecule has 0 aromatic heterocycles. The number of ether oxygens (including phenoxy) is 1. The second kappa shape index (κ2) is 11.7. The number of methoxy groups -OCH3 is 1. The molecule has 1 unspecified atom stereocenters. The van der Waals surface area contributed by atoms with E-state index in [1.165, 1.54) is 0 Å². The van der Waals surface area contributed by atoms with Gasteiger partial charge < -0.3 is 30.1 Å². The lowest BCUT2D eigenvalue weighted by atomic mass is 9.99. The molecule has 0 saturated heterocycles. The largest absolute Gasteiger partial charge is 0.635 e. The van der Waals surface area contributed by atoms with E-state index < -0.39 is 25.4 Å². The summed E-state index contributed by atoms with van der Waals surface area (Å²) in [5.74, 6) is -0.745. The zero-order valence-corrected chi connectivity index (χ0v) is 18.1. The van der Waals surface area contributed by atoms with Crippen LogP contribution in [0.15, 0.2) is 54.6 Å². The third kappa shape index (κ3) is 7.67. The van der Waals surface area contributed by atoms with Crippen molar-refractivity contribution < 1.29 is 29.0 Å². The highest BCUT2D eigenvalue weighted by atomic mass is 16.6. The lowest BCUT2D eigenvalue weighted by Gasteiger charge is -2.23. The molecule has 0 aliphatic heterocycles. The Kier molecular flexibility index (Phi) is 8.67. The van der Waals surface area contributed by atoms with Crippen molar-refractivity contribution in [3.63, 3.8) is 0 Å². The van der Waals surface area contributed by atoms with Crippen LogP contribution in [0.5, 0.6) is 5.75 Å². The first-order valence-electron chi connectivity index (χ1n) is 10.7. The molecule has 1 fully saturated rings. The molecule has 2 aromatic rings. The van der Waals surface area contributed by atoms with Crippen LogP contribution in [-0.4, -0.2) is 42.5 Å². The zero-order valence-electron chi connectivity index (χ0n) is 18.1. The Balaban J connectivity index is 1.64. The highest BCUT2D eigenvalue weighted by molar-refractivity contribution is 6.32. The molecule has 0 radical (unpaired) electrons. The Morgan fingerprint density at radius 3 is 2.44 bits per heavy atom. The van der Waals surface area contributed by atoms with E-state index in [0.29, 0.717) is 18.1 Å². The van der Waals surface area contributed by atoms with Gasteiger partial charge in [-0.1, -0.05) is 55.3 Å². The fourth-order valence-electron chi connectivity index (χ4n) is 3.48. The minimum absolute atomic E-state index is 0.228. The zero-order chi connectivity index (χ0) is 22.9. The Bertz CT molecular complexity index is 891. The lowest BCUT2D eigenvalue weighted by molar-refractivity contribution is -0.137. The Morgan fingerprint density at radius 1 is 1.06 bits per heavy atom. The van der Waals surface area contributed by atoms with Gasteiger partial charge in [0.1, 0.15) is 17.9 Å². The molecule has 0 spiro atoms. The standard InChI is InChI=1S/C23H29BN2O6/c1-31-19-9-5-8-18(12-19)15-25-22(27)20(13-17-10-11-17)23(28)26-21(32-24(29)30)14-16-6-3-2-4-7-16/h2-9,12,17,20-21,29-30H,10-11,13-15H2,1H3,(H,25,27)(H,26,28)/t20?,21-/m1/s1. The van der Waals surface area contributed by atoms with Gasteiger partial charge in [-0.05, 0) is 35.6 Å². The molecule has 0 heterocycles. The number of carbonyl (C=O) groups is 2. The van der Waals surface area contributed by atoms with Crippen LogP contribution >= 0.6 is 0 Å².